The van der Waals surface area contributed by atoms with Gasteiger partial charge in [-0.3, -0.25) is 0 Å². The Bertz CT molecular complexity index is 415. The van der Waals surface area contributed by atoms with Crippen LogP contribution in [0.4, 0.5) is 0 Å². The van der Waals surface area contributed by atoms with E-state index in [9.17, 15) is 0 Å². The smallest absolute Gasteiger partial charge is 0.231 e. The van der Waals surface area contributed by atoms with Crippen molar-refractivity contribution in [3.8, 4) is 0 Å². The van der Waals surface area contributed by atoms with Gasteiger partial charge in [0.1, 0.15) is 0 Å². The summed E-state index contributed by atoms with van der Waals surface area (Å²) in [5, 5.41) is 7.85. The standard InChI is InChI=1S/C15H25N3O2/c1-2-8-16-13-5-3-4-12(13)15-17-14(18-20-15)11-6-9-19-10-7-11/h11-13,16H,2-10H2,1H3. The minimum Gasteiger partial charge on any atom is -0.381 e. The summed E-state index contributed by atoms with van der Waals surface area (Å²) in [4.78, 5) is 4.70. The fourth-order valence-electron chi connectivity index (χ4n) is 3.35. The predicted octanol–water partition coefficient (Wildman–Crippen LogP) is 2.60. The lowest BCUT2D eigenvalue weighted by molar-refractivity contribution is 0.0830. The van der Waals surface area contributed by atoms with E-state index in [1.165, 1.54) is 19.3 Å². The second-order valence-electron chi connectivity index (χ2n) is 5.98. The topological polar surface area (TPSA) is 60.2 Å². The zero-order valence-corrected chi connectivity index (χ0v) is 12.3. The zero-order chi connectivity index (χ0) is 13.8. The van der Waals surface area contributed by atoms with Crippen LogP contribution in [-0.2, 0) is 4.74 Å². The summed E-state index contributed by atoms with van der Waals surface area (Å²) in [6, 6.07) is 0.512. The van der Waals surface area contributed by atoms with Crippen LogP contribution in [0.25, 0.3) is 0 Å². The van der Waals surface area contributed by atoms with Gasteiger partial charge in [-0.05, 0) is 38.6 Å². The molecule has 0 radical (unpaired) electrons. The highest BCUT2D eigenvalue weighted by Crippen LogP contribution is 2.35. The Balaban J connectivity index is 1.65. The van der Waals surface area contributed by atoms with Gasteiger partial charge >= 0.3 is 0 Å². The van der Waals surface area contributed by atoms with Crippen LogP contribution in [0.1, 0.15) is 69.0 Å². The molecule has 3 rings (SSSR count). The van der Waals surface area contributed by atoms with Crippen molar-refractivity contribution >= 4 is 0 Å². The highest BCUT2D eigenvalue weighted by molar-refractivity contribution is 5.05. The van der Waals surface area contributed by atoms with Crippen molar-refractivity contribution in [2.45, 2.75) is 63.3 Å². The maximum Gasteiger partial charge on any atom is 0.231 e. The molecule has 1 aliphatic heterocycles. The molecule has 2 aliphatic rings. The van der Waals surface area contributed by atoms with Crippen LogP contribution >= 0.6 is 0 Å². The molecule has 112 valence electrons. The molecule has 1 N–H and O–H groups in total. The fourth-order valence-corrected chi connectivity index (χ4v) is 3.35. The summed E-state index contributed by atoms with van der Waals surface area (Å²) >= 11 is 0. The van der Waals surface area contributed by atoms with Crippen molar-refractivity contribution < 1.29 is 9.26 Å². The van der Waals surface area contributed by atoms with Gasteiger partial charge in [0.25, 0.3) is 0 Å². The molecule has 5 heteroatoms. The van der Waals surface area contributed by atoms with Crippen LogP contribution in [0.3, 0.4) is 0 Å². The maximum absolute atomic E-state index is 5.57. The molecule has 2 atom stereocenters. The highest BCUT2D eigenvalue weighted by Gasteiger charge is 2.33. The van der Waals surface area contributed by atoms with Crippen molar-refractivity contribution in [1.82, 2.24) is 15.5 Å². The average molecular weight is 279 g/mol. The Morgan fingerprint density at radius 3 is 2.85 bits per heavy atom. The minimum absolute atomic E-state index is 0.405. The number of hydrogen-bond donors (Lipinski definition) is 1. The number of hydrogen-bond acceptors (Lipinski definition) is 5. The minimum atomic E-state index is 0.405. The van der Waals surface area contributed by atoms with E-state index in [1.807, 2.05) is 0 Å². The lowest BCUT2D eigenvalue weighted by Crippen LogP contribution is -2.31. The molecule has 0 bridgehead atoms. The largest absolute Gasteiger partial charge is 0.381 e. The van der Waals surface area contributed by atoms with Gasteiger partial charge in [0, 0.05) is 25.2 Å². The number of rotatable bonds is 5. The van der Waals surface area contributed by atoms with Gasteiger partial charge in [-0.1, -0.05) is 18.5 Å². The fraction of sp³-hybridized carbons (Fsp3) is 0.867. The van der Waals surface area contributed by atoms with Crippen molar-refractivity contribution in [3.05, 3.63) is 11.7 Å². The van der Waals surface area contributed by atoms with Gasteiger partial charge in [0.15, 0.2) is 5.82 Å². The highest BCUT2D eigenvalue weighted by atomic mass is 16.5. The maximum atomic E-state index is 5.57. The first kappa shape index (κ1) is 14.0. The van der Waals surface area contributed by atoms with Crippen LogP contribution in [0, 0.1) is 0 Å². The van der Waals surface area contributed by atoms with Gasteiger partial charge in [-0.25, -0.2) is 0 Å². The molecule has 0 spiro atoms. The summed E-state index contributed by atoms with van der Waals surface area (Å²) in [6.07, 6.45) is 6.83. The molecular formula is C15H25N3O2. The number of nitrogens with zero attached hydrogens (tertiary/aromatic N) is 2. The second-order valence-corrected chi connectivity index (χ2v) is 5.98. The molecule has 2 fully saturated rings. The third-order valence-electron chi connectivity index (χ3n) is 4.53. The molecule has 1 saturated carbocycles. The first-order chi connectivity index (χ1) is 9.88. The van der Waals surface area contributed by atoms with Gasteiger partial charge in [0.2, 0.25) is 5.89 Å². The van der Waals surface area contributed by atoms with E-state index < -0.39 is 0 Å². The number of aromatic nitrogens is 2. The third-order valence-corrected chi connectivity index (χ3v) is 4.53. The summed E-state index contributed by atoms with van der Waals surface area (Å²) in [6.45, 7) is 4.91. The third kappa shape index (κ3) is 3.04. The zero-order valence-electron chi connectivity index (χ0n) is 12.3. The number of nitrogens with one attached hydrogen (secondary N) is 1. The Labute approximate surface area is 120 Å². The molecule has 2 unspecified atom stereocenters. The summed E-state index contributed by atoms with van der Waals surface area (Å²) in [7, 11) is 0. The summed E-state index contributed by atoms with van der Waals surface area (Å²) in [5.74, 6) is 2.56. The molecule has 1 aromatic rings. The first-order valence-electron chi connectivity index (χ1n) is 8.03. The van der Waals surface area contributed by atoms with E-state index in [-0.39, 0.29) is 0 Å². The molecule has 5 nitrogen and oxygen atoms in total. The monoisotopic (exact) mass is 279 g/mol. The van der Waals surface area contributed by atoms with Crippen LogP contribution < -0.4 is 5.32 Å². The van der Waals surface area contributed by atoms with Crippen LogP contribution in [0.15, 0.2) is 4.52 Å². The molecule has 1 aliphatic carbocycles. The first-order valence-corrected chi connectivity index (χ1v) is 8.03. The molecule has 0 amide bonds. The van der Waals surface area contributed by atoms with Crippen LogP contribution in [-0.4, -0.2) is 35.9 Å². The van der Waals surface area contributed by atoms with Crippen molar-refractivity contribution in [2.24, 2.45) is 0 Å². The van der Waals surface area contributed by atoms with E-state index in [0.29, 0.717) is 17.9 Å². The van der Waals surface area contributed by atoms with Gasteiger partial charge in [-0.2, -0.15) is 4.98 Å². The van der Waals surface area contributed by atoms with Crippen molar-refractivity contribution in [1.29, 1.82) is 0 Å². The molecular weight excluding hydrogens is 254 g/mol. The van der Waals surface area contributed by atoms with E-state index in [1.54, 1.807) is 0 Å². The molecule has 2 heterocycles. The van der Waals surface area contributed by atoms with E-state index in [2.05, 4.69) is 17.4 Å². The summed E-state index contributed by atoms with van der Waals surface area (Å²) < 4.78 is 11.0. The van der Waals surface area contributed by atoms with Crippen molar-refractivity contribution in [2.75, 3.05) is 19.8 Å². The van der Waals surface area contributed by atoms with Gasteiger partial charge in [-0.15, -0.1) is 0 Å². The molecule has 0 aromatic carbocycles. The van der Waals surface area contributed by atoms with E-state index >= 15 is 0 Å². The second kappa shape index (κ2) is 6.68. The summed E-state index contributed by atoms with van der Waals surface area (Å²) in [5.41, 5.74) is 0. The normalized spacial score (nSPS) is 28.1. The Morgan fingerprint density at radius 1 is 1.20 bits per heavy atom. The number of ether oxygens (including phenoxy) is 1. The Morgan fingerprint density at radius 2 is 2.05 bits per heavy atom. The average Bonchev–Trinajstić information content (AvgIpc) is 3.14. The molecule has 1 aromatic heterocycles. The molecule has 20 heavy (non-hydrogen) atoms. The predicted molar refractivity (Wildman–Crippen MR) is 75.8 cm³/mol. The Hall–Kier alpha value is -0.940. The lowest BCUT2D eigenvalue weighted by Gasteiger charge is -2.19. The van der Waals surface area contributed by atoms with Crippen molar-refractivity contribution in [3.63, 3.8) is 0 Å². The Kier molecular flexibility index (Phi) is 4.68. The van der Waals surface area contributed by atoms with E-state index in [4.69, 9.17) is 14.2 Å². The van der Waals surface area contributed by atoms with Crippen LogP contribution in [0.2, 0.25) is 0 Å². The van der Waals surface area contributed by atoms with Gasteiger partial charge < -0.3 is 14.6 Å². The lowest BCUT2D eigenvalue weighted by atomic mass is 9.99. The van der Waals surface area contributed by atoms with Gasteiger partial charge in [0.05, 0.1) is 5.92 Å². The van der Waals surface area contributed by atoms with E-state index in [0.717, 1.165) is 50.7 Å². The quantitative estimate of drug-likeness (QED) is 0.897. The molecule has 1 saturated heterocycles. The van der Waals surface area contributed by atoms with Crippen LogP contribution in [0.5, 0.6) is 0 Å². The SMILES string of the molecule is CCCNC1CCCC1c1nc(C2CCOCC2)no1.